The number of hydrogen-bond acceptors (Lipinski definition) is 4. The summed E-state index contributed by atoms with van der Waals surface area (Å²) < 4.78 is 5.69. The van der Waals surface area contributed by atoms with E-state index in [1.165, 1.54) is 20.3 Å². The third-order valence-corrected chi connectivity index (χ3v) is 4.74. The third kappa shape index (κ3) is 3.75. The average Bonchev–Trinajstić information content (AvgIpc) is 3.08. The molecule has 2 saturated carbocycles. The maximum atomic E-state index is 12.5. The molecule has 24 heavy (non-hydrogen) atoms. The summed E-state index contributed by atoms with van der Waals surface area (Å²) in [6.45, 7) is 2.77. The van der Waals surface area contributed by atoms with Gasteiger partial charge in [0, 0.05) is 25.2 Å². The molecule has 0 spiro atoms. The summed E-state index contributed by atoms with van der Waals surface area (Å²) in [6, 6.07) is 4.75. The Bertz CT molecular complexity index is 651. The van der Waals surface area contributed by atoms with E-state index in [2.05, 4.69) is 10.6 Å². The fourth-order valence-electron chi connectivity index (χ4n) is 3.83. The van der Waals surface area contributed by atoms with Crippen molar-refractivity contribution < 1.29 is 19.1 Å². The number of carbonyl (C=O) groups excluding carboxylic acids is 3. The van der Waals surface area contributed by atoms with Crippen LogP contribution < -0.4 is 10.6 Å². The molecule has 128 valence electrons. The summed E-state index contributed by atoms with van der Waals surface area (Å²) in [5.74, 6) is 0.261. The Morgan fingerprint density at radius 2 is 1.58 bits per heavy atom. The first kappa shape index (κ1) is 16.5. The quantitative estimate of drug-likeness (QED) is 0.831. The number of nitrogens with one attached hydrogen (secondary N) is 2. The first-order chi connectivity index (χ1) is 11.4. The lowest BCUT2D eigenvalue weighted by molar-refractivity contribution is -0.115. The van der Waals surface area contributed by atoms with E-state index in [1.54, 1.807) is 18.2 Å². The molecule has 0 saturated heterocycles. The Balaban J connectivity index is 1.78. The molecule has 2 aliphatic carbocycles. The van der Waals surface area contributed by atoms with Crippen LogP contribution in [0.15, 0.2) is 18.2 Å². The number of ether oxygens (including phenoxy) is 1. The molecule has 3 rings (SSSR count). The van der Waals surface area contributed by atoms with Gasteiger partial charge in [0.15, 0.2) is 0 Å². The first-order valence-corrected chi connectivity index (χ1v) is 8.32. The Morgan fingerprint density at radius 1 is 0.958 bits per heavy atom. The van der Waals surface area contributed by atoms with E-state index < -0.39 is 5.97 Å². The molecule has 6 nitrogen and oxygen atoms in total. The van der Waals surface area contributed by atoms with Crippen LogP contribution >= 0.6 is 0 Å². The predicted molar refractivity (Wildman–Crippen MR) is 89.7 cm³/mol. The summed E-state index contributed by atoms with van der Waals surface area (Å²) in [5, 5.41) is 5.27. The lowest BCUT2D eigenvalue weighted by Crippen LogP contribution is -2.24. The molecule has 6 heteroatoms. The van der Waals surface area contributed by atoms with E-state index in [-0.39, 0.29) is 17.9 Å². The van der Waals surface area contributed by atoms with Gasteiger partial charge in [-0.25, -0.2) is 4.79 Å². The second kappa shape index (κ2) is 6.63. The highest BCUT2D eigenvalue weighted by Crippen LogP contribution is 2.46. The molecule has 3 unspecified atom stereocenters. The zero-order valence-corrected chi connectivity index (χ0v) is 13.9. The van der Waals surface area contributed by atoms with Gasteiger partial charge in [0.25, 0.3) is 0 Å². The molecule has 0 radical (unpaired) electrons. The molecule has 3 atom stereocenters. The van der Waals surface area contributed by atoms with E-state index in [0.29, 0.717) is 28.8 Å². The molecule has 0 aliphatic heterocycles. The topological polar surface area (TPSA) is 84.5 Å². The summed E-state index contributed by atoms with van der Waals surface area (Å²) in [7, 11) is 0. The number of anilines is 2. The van der Waals surface area contributed by atoms with Crippen LogP contribution in [0.3, 0.4) is 0 Å². The summed E-state index contributed by atoms with van der Waals surface area (Å²) >= 11 is 0. The van der Waals surface area contributed by atoms with Crippen molar-refractivity contribution >= 4 is 29.2 Å². The fourth-order valence-corrected chi connectivity index (χ4v) is 3.83. The fraction of sp³-hybridized carbons (Fsp3) is 0.500. The summed E-state index contributed by atoms with van der Waals surface area (Å²) in [5.41, 5.74) is 1.23. The van der Waals surface area contributed by atoms with Crippen LogP contribution in [0.4, 0.5) is 11.4 Å². The normalized spacial score (nSPS) is 24.5. The van der Waals surface area contributed by atoms with E-state index in [9.17, 15) is 14.4 Å². The number of amides is 2. The maximum Gasteiger partial charge on any atom is 0.338 e. The van der Waals surface area contributed by atoms with Gasteiger partial charge in [0.1, 0.15) is 6.10 Å². The van der Waals surface area contributed by atoms with Gasteiger partial charge < -0.3 is 15.4 Å². The SMILES string of the molecule is CC(=O)Nc1cc(NC(C)=O)cc(C(=O)OC2CC3CCC2C3)c1. The number of rotatable bonds is 4. The molecule has 2 aliphatic rings. The number of carbonyl (C=O) groups is 3. The molecule has 0 heterocycles. The van der Waals surface area contributed by atoms with E-state index in [0.717, 1.165) is 19.3 Å². The Morgan fingerprint density at radius 3 is 2.04 bits per heavy atom. The van der Waals surface area contributed by atoms with E-state index in [1.807, 2.05) is 0 Å². The zero-order valence-electron chi connectivity index (χ0n) is 13.9. The van der Waals surface area contributed by atoms with Crippen molar-refractivity contribution in [2.45, 2.75) is 45.6 Å². The van der Waals surface area contributed by atoms with Crippen molar-refractivity contribution in [2.24, 2.45) is 11.8 Å². The Labute approximate surface area is 140 Å². The van der Waals surface area contributed by atoms with Crippen LogP contribution in [0.5, 0.6) is 0 Å². The average molecular weight is 330 g/mol. The summed E-state index contributed by atoms with van der Waals surface area (Å²) in [6.07, 6.45) is 4.46. The van der Waals surface area contributed by atoms with Crippen LogP contribution in [0.1, 0.15) is 49.9 Å². The monoisotopic (exact) mass is 330 g/mol. The summed E-state index contributed by atoms with van der Waals surface area (Å²) in [4.78, 5) is 35.1. The molecular weight excluding hydrogens is 308 g/mol. The van der Waals surface area contributed by atoms with Crippen LogP contribution in [0.25, 0.3) is 0 Å². The van der Waals surface area contributed by atoms with Gasteiger partial charge in [-0.15, -0.1) is 0 Å². The van der Waals surface area contributed by atoms with Crippen LogP contribution in [-0.2, 0) is 14.3 Å². The minimum Gasteiger partial charge on any atom is -0.458 e. The Kier molecular flexibility index (Phi) is 4.55. The van der Waals surface area contributed by atoms with Gasteiger partial charge >= 0.3 is 5.97 Å². The third-order valence-electron chi connectivity index (χ3n) is 4.74. The minimum atomic E-state index is -0.411. The Hall–Kier alpha value is -2.37. The second-order valence-corrected chi connectivity index (χ2v) is 6.78. The standard InChI is InChI=1S/C18H22N2O4/c1-10(21)19-15-7-14(8-16(9-15)20-11(2)22)18(23)24-17-6-12-3-4-13(17)5-12/h7-9,12-13,17H,3-6H2,1-2H3,(H,19,21)(H,20,22). The molecular formula is C18H22N2O4. The zero-order chi connectivity index (χ0) is 17.3. The van der Waals surface area contributed by atoms with E-state index >= 15 is 0 Å². The first-order valence-electron chi connectivity index (χ1n) is 8.32. The van der Waals surface area contributed by atoms with E-state index in [4.69, 9.17) is 4.74 Å². The maximum absolute atomic E-state index is 12.5. The molecule has 0 aromatic heterocycles. The largest absolute Gasteiger partial charge is 0.458 e. The second-order valence-electron chi connectivity index (χ2n) is 6.78. The molecule has 2 amide bonds. The van der Waals surface area contributed by atoms with Crippen molar-refractivity contribution in [3.63, 3.8) is 0 Å². The number of hydrogen-bond donors (Lipinski definition) is 2. The van der Waals surface area contributed by atoms with Gasteiger partial charge in [-0.05, 0) is 55.7 Å². The number of fused-ring (bicyclic) bond motifs is 2. The molecule has 1 aromatic rings. The molecule has 2 bridgehead atoms. The van der Waals surface area contributed by atoms with Crippen molar-refractivity contribution in [3.05, 3.63) is 23.8 Å². The highest BCUT2D eigenvalue weighted by molar-refractivity contribution is 5.97. The van der Waals surface area contributed by atoms with Crippen molar-refractivity contribution in [1.29, 1.82) is 0 Å². The highest BCUT2D eigenvalue weighted by atomic mass is 16.5. The van der Waals surface area contributed by atoms with Crippen LogP contribution in [0, 0.1) is 11.8 Å². The lowest BCUT2D eigenvalue weighted by atomic mass is 9.98. The van der Waals surface area contributed by atoms with Gasteiger partial charge in [-0.1, -0.05) is 0 Å². The van der Waals surface area contributed by atoms with Crippen molar-refractivity contribution in [1.82, 2.24) is 0 Å². The smallest absolute Gasteiger partial charge is 0.338 e. The van der Waals surface area contributed by atoms with Gasteiger partial charge in [0.2, 0.25) is 11.8 Å². The van der Waals surface area contributed by atoms with Crippen molar-refractivity contribution in [3.8, 4) is 0 Å². The highest BCUT2D eigenvalue weighted by Gasteiger charge is 2.41. The minimum absolute atomic E-state index is 0.00936. The van der Waals surface area contributed by atoms with Gasteiger partial charge in [-0.2, -0.15) is 0 Å². The molecule has 1 aromatic carbocycles. The lowest BCUT2D eigenvalue weighted by Gasteiger charge is -2.22. The predicted octanol–water partition coefficient (Wildman–Crippen LogP) is 2.95. The molecule has 2 fully saturated rings. The number of benzene rings is 1. The number of esters is 1. The van der Waals surface area contributed by atoms with Crippen LogP contribution in [0.2, 0.25) is 0 Å². The van der Waals surface area contributed by atoms with Crippen molar-refractivity contribution in [2.75, 3.05) is 10.6 Å². The van der Waals surface area contributed by atoms with Gasteiger partial charge in [-0.3, -0.25) is 9.59 Å². The van der Waals surface area contributed by atoms with Crippen LogP contribution in [-0.4, -0.2) is 23.9 Å². The van der Waals surface area contributed by atoms with Gasteiger partial charge in [0.05, 0.1) is 5.56 Å². The molecule has 2 N–H and O–H groups in total.